The number of likely N-dealkylation sites (tertiary alicyclic amines) is 1. The number of nitrogens with zero attached hydrogens (tertiary/aromatic N) is 1. The van der Waals surface area contributed by atoms with Gasteiger partial charge in [-0.25, -0.2) is 4.79 Å². The minimum absolute atomic E-state index is 0.182. The molecule has 4 atom stereocenters. The monoisotopic (exact) mass is 646 g/mol. The van der Waals surface area contributed by atoms with Crippen molar-refractivity contribution >= 4 is 27.0 Å². The van der Waals surface area contributed by atoms with Crippen LogP contribution >= 0.6 is 0 Å². The summed E-state index contributed by atoms with van der Waals surface area (Å²) in [7, 11) is -0.247. The summed E-state index contributed by atoms with van der Waals surface area (Å²) in [4.78, 5) is 30.1. The van der Waals surface area contributed by atoms with Crippen LogP contribution < -0.4 is 5.32 Å². The Morgan fingerprint density at radius 2 is 1.23 bits per heavy atom. The Labute approximate surface area is 281 Å². The molecule has 1 aliphatic rings. The lowest BCUT2D eigenvalue weighted by Crippen LogP contribution is -2.77. The topological polar surface area (TPSA) is 67.9 Å². The molecule has 1 saturated heterocycles. The highest BCUT2D eigenvalue weighted by atomic mass is 28.3. The third-order valence-corrected chi connectivity index (χ3v) is 9.60. The average molecular weight is 647 g/mol. The molecule has 47 heavy (non-hydrogen) atoms. The van der Waals surface area contributed by atoms with Gasteiger partial charge in [-0.05, 0) is 40.8 Å². The van der Waals surface area contributed by atoms with Crippen LogP contribution in [-0.4, -0.2) is 57.2 Å². The maximum atomic E-state index is 14.7. The number of ether oxygens (including phenoxy) is 1. The Morgan fingerprint density at radius 1 is 0.787 bits per heavy atom. The highest BCUT2D eigenvalue weighted by molar-refractivity contribution is 6.48. The normalized spacial score (nSPS) is 18.2. The molecular weight excluding hydrogens is 601 g/mol. The summed E-state index contributed by atoms with van der Waals surface area (Å²) in [6, 6.07) is 38.6. The van der Waals surface area contributed by atoms with Gasteiger partial charge in [0.2, 0.25) is 5.91 Å². The van der Waals surface area contributed by atoms with Crippen LogP contribution in [-0.2, 0) is 24.3 Å². The number of benzene rings is 4. The smallest absolute Gasteiger partial charge is 0.331 e. The Bertz CT molecular complexity index is 1540. The lowest BCUT2D eigenvalue weighted by Gasteiger charge is -2.55. The van der Waals surface area contributed by atoms with Gasteiger partial charge < -0.3 is 14.1 Å². The van der Waals surface area contributed by atoms with Crippen LogP contribution in [0.2, 0.25) is 13.1 Å². The summed E-state index contributed by atoms with van der Waals surface area (Å²) in [6.45, 7) is 10.3. The van der Waals surface area contributed by atoms with Crippen LogP contribution in [0, 0.1) is 5.41 Å². The van der Waals surface area contributed by atoms with E-state index in [9.17, 15) is 9.59 Å². The third kappa shape index (κ3) is 7.17. The minimum atomic E-state index is -1.62. The van der Waals surface area contributed by atoms with Crippen molar-refractivity contribution in [1.82, 2.24) is 10.2 Å². The van der Waals surface area contributed by atoms with Gasteiger partial charge in [0.05, 0.1) is 24.8 Å². The number of methoxy groups -OCH3 is 1. The first kappa shape index (κ1) is 34.0. The van der Waals surface area contributed by atoms with E-state index in [2.05, 4.69) is 54.8 Å². The van der Waals surface area contributed by atoms with Gasteiger partial charge in [0.1, 0.15) is 6.04 Å². The second kappa shape index (κ2) is 14.6. The van der Waals surface area contributed by atoms with Gasteiger partial charge in [-0.2, -0.15) is 0 Å². The molecule has 1 aliphatic heterocycles. The molecule has 4 aromatic rings. The molecule has 4 unspecified atom stereocenters. The summed E-state index contributed by atoms with van der Waals surface area (Å²) in [6.07, 6.45) is 3.50. The van der Waals surface area contributed by atoms with Crippen molar-refractivity contribution in [2.24, 2.45) is 5.41 Å². The van der Waals surface area contributed by atoms with E-state index >= 15 is 0 Å². The fraction of sp³-hybridized carbons (Fsp3) is 0.300. The molecular formula is C40H46N2O4Si. The summed E-state index contributed by atoms with van der Waals surface area (Å²) < 4.78 is 11.9. The van der Waals surface area contributed by atoms with E-state index in [1.807, 2.05) is 118 Å². The predicted octanol–water partition coefficient (Wildman–Crippen LogP) is 6.82. The third-order valence-electron chi connectivity index (χ3n) is 8.76. The molecule has 4 aromatic carbocycles. The molecule has 7 heteroatoms. The molecule has 0 aromatic heterocycles. The number of hydrogen-bond acceptors (Lipinski definition) is 5. The van der Waals surface area contributed by atoms with Crippen LogP contribution in [0.15, 0.2) is 127 Å². The van der Waals surface area contributed by atoms with Crippen LogP contribution in [0.5, 0.6) is 0 Å². The summed E-state index contributed by atoms with van der Waals surface area (Å²) in [5, 5.41) is 3.89. The van der Waals surface area contributed by atoms with E-state index in [1.54, 1.807) is 4.90 Å². The van der Waals surface area contributed by atoms with E-state index in [4.69, 9.17) is 9.16 Å². The first-order valence-electron chi connectivity index (χ1n) is 16.3. The maximum absolute atomic E-state index is 14.7. The summed E-state index contributed by atoms with van der Waals surface area (Å²) >= 11 is 0. The second-order valence-corrected chi connectivity index (χ2v) is 15.8. The number of carbonyl (C=O) groups excluding carboxylic acids is 2. The summed E-state index contributed by atoms with van der Waals surface area (Å²) in [5.41, 5.74) is 2.69. The number of β-lactam (4-membered cyclic amide) rings is 1. The molecule has 6 nitrogen and oxygen atoms in total. The SMILES string of the molecule is COC(=O)C(C(O[SiH](C)C)C(C)(C)C)N1C(=O)C(NC(c2ccccc2)(c2ccccc2)c2ccccc2)C1C=Cc1ccccc1. The van der Waals surface area contributed by atoms with Crippen LogP contribution in [0.3, 0.4) is 0 Å². The molecule has 0 aliphatic carbocycles. The van der Waals surface area contributed by atoms with Gasteiger partial charge in [0.15, 0.2) is 15.1 Å². The lowest BCUT2D eigenvalue weighted by atomic mass is 9.74. The minimum Gasteiger partial charge on any atom is -0.467 e. The molecule has 1 N–H and O–H groups in total. The fourth-order valence-corrected chi connectivity index (χ4v) is 7.72. The molecule has 5 rings (SSSR count). The average Bonchev–Trinajstić information content (AvgIpc) is 3.09. The van der Waals surface area contributed by atoms with E-state index in [0.717, 1.165) is 22.3 Å². The van der Waals surface area contributed by atoms with Crippen LogP contribution in [0.1, 0.15) is 43.0 Å². The zero-order chi connectivity index (χ0) is 33.6. The van der Waals surface area contributed by atoms with Gasteiger partial charge >= 0.3 is 5.97 Å². The Balaban J connectivity index is 1.68. The number of rotatable bonds is 12. The van der Waals surface area contributed by atoms with Crippen molar-refractivity contribution in [1.29, 1.82) is 0 Å². The number of nitrogens with one attached hydrogen (secondary N) is 1. The molecule has 0 bridgehead atoms. The van der Waals surface area contributed by atoms with Gasteiger partial charge in [0.25, 0.3) is 0 Å². The number of hydrogen-bond donors (Lipinski definition) is 1. The van der Waals surface area contributed by atoms with Crippen molar-refractivity contribution in [2.75, 3.05) is 7.11 Å². The first-order valence-corrected chi connectivity index (χ1v) is 19.1. The standard InChI is InChI=1S/C40H46N2O4Si/c1-39(2,3)36(46-47(5)6)35(38(44)45-4)42-33(28-27-29-19-11-7-12-20-29)34(37(42)43)41-40(30-21-13-8-14-22-30,31-23-15-9-16-24-31)32-25-17-10-18-26-32/h7-28,33-36,41,47H,1-6H3. The second-order valence-electron chi connectivity index (χ2n) is 13.4. The molecule has 1 heterocycles. The molecule has 244 valence electrons. The van der Waals surface area contributed by atoms with Gasteiger partial charge in [-0.1, -0.05) is 154 Å². The van der Waals surface area contributed by atoms with E-state index in [1.165, 1.54) is 7.11 Å². The van der Waals surface area contributed by atoms with Gasteiger partial charge in [-0.15, -0.1) is 0 Å². The summed E-state index contributed by atoms with van der Waals surface area (Å²) in [5.74, 6) is -0.663. The fourth-order valence-electron chi connectivity index (χ4n) is 6.58. The van der Waals surface area contributed by atoms with Gasteiger partial charge in [-0.3, -0.25) is 10.1 Å². The number of esters is 1. The zero-order valence-corrected chi connectivity index (χ0v) is 29.3. The molecule has 0 saturated carbocycles. The lowest BCUT2D eigenvalue weighted by molar-refractivity contribution is -0.174. The Kier molecular flexibility index (Phi) is 10.6. The molecule has 1 amide bonds. The van der Waals surface area contributed by atoms with E-state index in [-0.39, 0.29) is 5.91 Å². The quantitative estimate of drug-likeness (QED) is 0.0793. The van der Waals surface area contributed by atoms with E-state index in [0.29, 0.717) is 0 Å². The first-order chi connectivity index (χ1) is 22.6. The van der Waals surface area contributed by atoms with Crippen molar-refractivity contribution < 1.29 is 18.8 Å². The van der Waals surface area contributed by atoms with Crippen molar-refractivity contribution in [3.8, 4) is 0 Å². The van der Waals surface area contributed by atoms with Crippen LogP contribution in [0.4, 0.5) is 0 Å². The van der Waals surface area contributed by atoms with Gasteiger partial charge in [0, 0.05) is 0 Å². The molecule has 0 radical (unpaired) electrons. The Hall–Kier alpha value is -4.30. The maximum Gasteiger partial charge on any atom is 0.331 e. The number of amides is 1. The molecule has 0 spiro atoms. The molecule has 1 fully saturated rings. The van der Waals surface area contributed by atoms with Crippen molar-refractivity contribution in [2.45, 2.75) is 63.6 Å². The van der Waals surface area contributed by atoms with Crippen molar-refractivity contribution in [3.63, 3.8) is 0 Å². The van der Waals surface area contributed by atoms with E-state index < -0.39 is 50.2 Å². The number of carbonyl (C=O) groups is 2. The zero-order valence-electron chi connectivity index (χ0n) is 28.2. The largest absolute Gasteiger partial charge is 0.467 e. The highest BCUT2D eigenvalue weighted by Gasteiger charge is 2.57. The Morgan fingerprint density at radius 3 is 1.64 bits per heavy atom. The van der Waals surface area contributed by atoms with Crippen LogP contribution in [0.25, 0.3) is 6.08 Å². The predicted molar refractivity (Wildman–Crippen MR) is 191 cm³/mol. The van der Waals surface area contributed by atoms with Crippen molar-refractivity contribution in [3.05, 3.63) is 150 Å². The highest BCUT2D eigenvalue weighted by Crippen LogP contribution is 2.41.